The number of phenolic OH excluding ortho intramolecular Hbond substituents is 1. The van der Waals surface area contributed by atoms with Crippen LogP contribution in [0.2, 0.25) is 0 Å². The molecule has 1 spiro atoms. The van der Waals surface area contributed by atoms with Crippen molar-refractivity contribution < 1.29 is 5.11 Å². The van der Waals surface area contributed by atoms with E-state index >= 15 is 0 Å². The molecule has 4 rings (SSSR count). The fraction of sp³-hybridized carbons (Fsp3) is 0.429. The molecule has 2 aliphatic heterocycles. The third kappa shape index (κ3) is 2.83. The van der Waals surface area contributed by atoms with Gasteiger partial charge in [-0.1, -0.05) is 43.3 Å². The molecule has 1 saturated heterocycles. The molecule has 2 N–H and O–H groups in total. The van der Waals surface area contributed by atoms with Crippen molar-refractivity contribution >= 4 is 0 Å². The van der Waals surface area contributed by atoms with E-state index in [4.69, 9.17) is 0 Å². The summed E-state index contributed by atoms with van der Waals surface area (Å²) >= 11 is 0. The number of likely N-dealkylation sites (tertiary alicyclic amines) is 1. The standard InChI is InChI=1S/C21H26N2O/c1-16-14-22-21(20-8-7-18(24)13-19(16)20)9-11-23(12-10-21)15-17-5-3-2-4-6-17/h2-8,13,16,22,24H,9-12,14-15H2,1H3. The number of nitrogens with one attached hydrogen (secondary N) is 1. The van der Waals surface area contributed by atoms with Gasteiger partial charge in [0.1, 0.15) is 5.75 Å². The van der Waals surface area contributed by atoms with Crippen molar-refractivity contribution in [1.29, 1.82) is 0 Å². The minimum absolute atomic E-state index is 0.0860. The first-order valence-electron chi connectivity index (χ1n) is 9.01. The molecule has 24 heavy (non-hydrogen) atoms. The lowest BCUT2D eigenvalue weighted by molar-refractivity contribution is 0.120. The quantitative estimate of drug-likeness (QED) is 0.887. The topological polar surface area (TPSA) is 35.5 Å². The van der Waals surface area contributed by atoms with E-state index in [-0.39, 0.29) is 5.54 Å². The predicted molar refractivity (Wildman–Crippen MR) is 97.2 cm³/mol. The highest BCUT2D eigenvalue weighted by molar-refractivity contribution is 5.43. The average molecular weight is 322 g/mol. The maximum atomic E-state index is 9.87. The number of rotatable bonds is 2. The highest BCUT2D eigenvalue weighted by Gasteiger charge is 2.40. The average Bonchev–Trinajstić information content (AvgIpc) is 2.61. The molecule has 3 heteroatoms. The van der Waals surface area contributed by atoms with Crippen LogP contribution in [-0.4, -0.2) is 29.6 Å². The second kappa shape index (κ2) is 6.23. The highest BCUT2D eigenvalue weighted by atomic mass is 16.3. The molecule has 0 aliphatic carbocycles. The molecule has 1 fully saturated rings. The number of aromatic hydroxyl groups is 1. The molecule has 2 aromatic carbocycles. The number of hydrogen-bond acceptors (Lipinski definition) is 3. The van der Waals surface area contributed by atoms with E-state index in [2.05, 4.69) is 53.5 Å². The van der Waals surface area contributed by atoms with Crippen molar-refractivity contribution in [3.63, 3.8) is 0 Å². The summed E-state index contributed by atoms with van der Waals surface area (Å²) in [6.45, 7) is 6.49. The van der Waals surface area contributed by atoms with Crippen LogP contribution in [0.3, 0.4) is 0 Å². The molecule has 2 aliphatic rings. The van der Waals surface area contributed by atoms with E-state index in [1.54, 1.807) is 0 Å². The third-order valence-corrected chi connectivity index (χ3v) is 5.79. The number of hydrogen-bond donors (Lipinski definition) is 2. The Balaban J connectivity index is 1.52. The molecule has 3 nitrogen and oxygen atoms in total. The van der Waals surface area contributed by atoms with Gasteiger partial charge in [0.15, 0.2) is 0 Å². The highest BCUT2D eigenvalue weighted by Crippen LogP contribution is 2.42. The number of nitrogens with zero attached hydrogens (tertiary/aromatic N) is 1. The summed E-state index contributed by atoms with van der Waals surface area (Å²) in [6.07, 6.45) is 2.26. The van der Waals surface area contributed by atoms with E-state index in [9.17, 15) is 5.11 Å². The lowest BCUT2D eigenvalue weighted by Gasteiger charge is -2.47. The van der Waals surface area contributed by atoms with Gasteiger partial charge in [-0.05, 0) is 47.6 Å². The zero-order valence-corrected chi connectivity index (χ0v) is 14.3. The zero-order valence-electron chi connectivity index (χ0n) is 14.3. The van der Waals surface area contributed by atoms with E-state index < -0.39 is 0 Å². The van der Waals surface area contributed by atoms with E-state index in [0.29, 0.717) is 11.7 Å². The summed E-state index contributed by atoms with van der Waals surface area (Å²) in [7, 11) is 0. The van der Waals surface area contributed by atoms with Crippen molar-refractivity contribution in [1.82, 2.24) is 10.2 Å². The first kappa shape index (κ1) is 15.7. The van der Waals surface area contributed by atoms with Crippen molar-refractivity contribution in [2.75, 3.05) is 19.6 Å². The fourth-order valence-electron chi connectivity index (χ4n) is 4.33. The first-order valence-corrected chi connectivity index (χ1v) is 9.01. The van der Waals surface area contributed by atoms with Crippen molar-refractivity contribution in [3.8, 4) is 5.75 Å². The van der Waals surface area contributed by atoms with Crippen LogP contribution in [0.4, 0.5) is 0 Å². The van der Waals surface area contributed by atoms with E-state index in [1.165, 1.54) is 16.7 Å². The maximum absolute atomic E-state index is 9.87. The van der Waals surface area contributed by atoms with E-state index in [0.717, 1.165) is 39.0 Å². The van der Waals surface area contributed by atoms with Crippen LogP contribution in [0.15, 0.2) is 48.5 Å². The van der Waals surface area contributed by atoms with Gasteiger partial charge in [-0.25, -0.2) is 0 Å². The Morgan fingerprint density at radius 1 is 1.12 bits per heavy atom. The van der Waals surface area contributed by atoms with Crippen LogP contribution in [0.5, 0.6) is 5.75 Å². The van der Waals surface area contributed by atoms with Crippen molar-refractivity contribution in [2.24, 2.45) is 0 Å². The lowest BCUT2D eigenvalue weighted by atomic mass is 9.73. The van der Waals surface area contributed by atoms with Gasteiger partial charge in [-0.3, -0.25) is 4.90 Å². The molecular formula is C21H26N2O. The Kier molecular flexibility index (Phi) is 4.07. The fourth-order valence-corrected chi connectivity index (χ4v) is 4.33. The number of phenols is 1. The van der Waals surface area contributed by atoms with Crippen LogP contribution in [0.1, 0.15) is 42.4 Å². The smallest absolute Gasteiger partial charge is 0.115 e. The Morgan fingerprint density at radius 3 is 2.62 bits per heavy atom. The molecule has 2 heterocycles. The van der Waals surface area contributed by atoms with Gasteiger partial charge in [0.25, 0.3) is 0 Å². The Labute approximate surface area is 144 Å². The molecular weight excluding hydrogens is 296 g/mol. The second-order valence-electron chi connectivity index (χ2n) is 7.40. The van der Waals surface area contributed by atoms with Gasteiger partial charge in [0.2, 0.25) is 0 Å². The monoisotopic (exact) mass is 322 g/mol. The minimum Gasteiger partial charge on any atom is -0.508 e. The Morgan fingerprint density at radius 2 is 1.88 bits per heavy atom. The van der Waals surface area contributed by atoms with E-state index in [1.807, 2.05) is 12.1 Å². The summed E-state index contributed by atoms with van der Waals surface area (Å²) < 4.78 is 0. The van der Waals surface area contributed by atoms with Crippen molar-refractivity contribution in [2.45, 2.75) is 37.8 Å². The molecule has 0 bridgehead atoms. The van der Waals surface area contributed by atoms with Crippen molar-refractivity contribution in [3.05, 3.63) is 65.2 Å². The summed E-state index contributed by atoms with van der Waals surface area (Å²) in [6, 6.07) is 16.7. The number of fused-ring (bicyclic) bond motifs is 2. The lowest BCUT2D eigenvalue weighted by Crippen LogP contribution is -2.54. The predicted octanol–water partition coefficient (Wildman–Crippen LogP) is 3.59. The largest absolute Gasteiger partial charge is 0.508 e. The molecule has 0 aromatic heterocycles. The maximum Gasteiger partial charge on any atom is 0.115 e. The van der Waals surface area contributed by atoms with Gasteiger partial charge in [0.05, 0.1) is 0 Å². The molecule has 1 atom stereocenters. The minimum atomic E-state index is 0.0860. The first-order chi connectivity index (χ1) is 11.7. The van der Waals surface area contributed by atoms with Crippen LogP contribution >= 0.6 is 0 Å². The van der Waals surface area contributed by atoms with Gasteiger partial charge in [0, 0.05) is 31.7 Å². The molecule has 0 radical (unpaired) electrons. The molecule has 1 unspecified atom stereocenters. The summed E-state index contributed by atoms with van der Waals surface area (Å²) in [4.78, 5) is 2.56. The van der Waals surface area contributed by atoms with Gasteiger partial charge in [-0.2, -0.15) is 0 Å². The van der Waals surface area contributed by atoms with Crippen LogP contribution < -0.4 is 5.32 Å². The third-order valence-electron chi connectivity index (χ3n) is 5.79. The van der Waals surface area contributed by atoms with Gasteiger partial charge >= 0.3 is 0 Å². The summed E-state index contributed by atoms with van der Waals surface area (Å²) in [5.74, 6) is 0.847. The van der Waals surface area contributed by atoms with Crippen LogP contribution in [0.25, 0.3) is 0 Å². The van der Waals surface area contributed by atoms with Gasteiger partial charge in [-0.15, -0.1) is 0 Å². The van der Waals surface area contributed by atoms with Gasteiger partial charge < -0.3 is 10.4 Å². The number of benzene rings is 2. The normalized spacial score (nSPS) is 23.1. The number of piperidine rings is 1. The Hall–Kier alpha value is -1.84. The Bertz CT molecular complexity index is 705. The second-order valence-corrected chi connectivity index (χ2v) is 7.40. The molecule has 0 amide bonds. The SMILES string of the molecule is CC1CNC2(CCN(Cc3ccccc3)CC2)c2ccc(O)cc21. The summed E-state index contributed by atoms with van der Waals surface area (Å²) in [5.41, 5.74) is 4.20. The summed E-state index contributed by atoms with van der Waals surface area (Å²) in [5, 5.41) is 13.7. The molecule has 126 valence electrons. The van der Waals surface area contributed by atoms with Crippen LogP contribution in [-0.2, 0) is 12.1 Å². The zero-order chi connectivity index (χ0) is 16.6. The molecule has 0 saturated carbocycles. The molecule has 2 aromatic rings. The van der Waals surface area contributed by atoms with Crippen LogP contribution in [0, 0.1) is 0 Å².